The molecule has 0 saturated carbocycles. The summed E-state index contributed by atoms with van der Waals surface area (Å²) in [6, 6.07) is 0. The summed E-state index contributed by atoms with van der Waals surface area (Å²) in [6.07, 6.45) is 5.60. The van der Waals surface area contributed by atoms with E-state index in [1.807, 2.05) is 26.8 Å². The number of ether oxygens (including phenoxy) is 2. The molecular formula is C20H29NO6. The maximum absolute atomic E-state index is 12.5. The molecule has 2 rings (SSSR count). The van der Waals surface area contributed by atoms with E-state index in [1.54, 1.807) is 24.0 Å². The van der Waals surface area contributed by atoms with Crippen LogP contribution < -0.4 is 0 Å². The minimum absolute atomic E-state index is 0.152. The molecule has 0 aromatic rings. The van der Waals surface area contributed by atoms with Gasteiger partial charge in [-0.1, -0.05) is 18.2 Å². The molecule has 1 unspecified atom stereocenters. The molecule has 0 radical (unpaired) electrons. The Balaban J connectivity index is 2.19. The van der Waals surface area contributed by atoms with Crippen LogP contribution in [0.15, 0.2) is 23.8 Å². The number of likely N-dealkylation sites (tertiary alicyclic amines) is 1. The van der Waals surface area contributed by atoms with E-state index in [-0.39, 0.29) is 23.7 Å². The fourth-order valence-electron chi connectivity index (χ4n) is 3.61. The smallest absolute Gasteiger partial charge is 0.410 e. The van der Waals surface area contributed by atoms with E-state index >= 15 is 0 Å². The number of rotatable bonds is 4. The number of carbonyl (C=O) groups is 3. The number of carboxylic acids is 1. The van der Waals surface area contributed by atoms with Crippen LogP contribution in [-0.4, -0.2) is 53.3 Å². The number of aliphatic carboxylic acids is 1. The summed E-state index contributed by atoms with van der Waals surface area (Å²) in [6.45, 7) is 8.21. The molecule has 1 saturated heterocycles. The third kappa shape index (κ3) is 5.58. The summed E-state index contributed by atoms with van der Waals surface area (Å²) in [5.74, 6) is -1.99. The Morgan fingerprint density at radius 1 is 1.30 bits per heavy atom. The van der Waals surface area contributed by atoms with Crippen LogP contribution in [0.25, 0.3) is 0 Å². The highest BCUT2D eigenvalue weighted by atomic mass is 16.6. The lowest BCUT2D eigenvalue weighted by molar-refractivity contribution is -0.153. The monoisotopic (exact) mass is 379 g/mol. The van der Waals surface area contributed by atoms with Gasteiger partial charge in [-0.05, 0) is 52.4 Å². The van der Waals surface area contributed by atoms with Gasteiger partial charge >= 0.3 is 18.0 Å². The first-order valence-electron chi connectivity index (χ1n) is 9.37. The first kappa shape index (κ1) is 21.0. The minimum Gasteiger partial charge on any atom is -0.478 e. The molecule has 1 amide bonds. The fourth-order valence-corrected chi connectivity index (χ4v) is 3.61. The number of hydrogen-bond donors (Lipinski definition) is 1. The molecule has 150 valence electrons. The summed E-state index contributed by atoms with van der Waals surface area (Å²) in [5, 5.41) is 9.30. The summed E-state index contributed by atoms with van der Waals surface area (Å²) < 4.78 is 10.7. The van der Waals surface area contributed by atoms with Gasteiger partial charge < -0.3 is 19.5 Å². The summed E-state index contributed by atoms with van der Waals surface area (Å²) in [7, 11) is 0. The molecule has 1 fully saturated rings. The number of carbonyl (C=O) groups excluding carboxylic acids is 2. The van der Waals surface area contributed by atoms with Crippen LogP contribution in [0.3, 0.4) is 0 Å². The Hall–Kier alpha value is -2.31. The highest BCUT2D eigenvalue weighted by molar-refractivity contribution is 5.87. The lowest BCUT2D eigenvalue weighted by Crippen LogP contribution is -2.50. The summed E-state index contributed by atoms with van der Waals surface area (Å²) >= 11 is 0. The molecule has 1 aliphatic heterocycles. The van der Waals surface area contributed by atoms with Gasteiger partial charge in [0.2, 0.25) is 0 Å². The molecule has 1 N–H and O–H groups in total. The van der Waals surface area contributed by atoms with E-state index in [1.165, 1.54) is 0 Å². The summed E-state index contributed by atoms with van der Waals surface area (Å²) in [5.41, 5.74) is -0.298. The summed E-state index contributed by atoms with van der Waals surface area (Å²) in [4.78, 5) is 37.9. The van der Waals surface area contributed by atoms with Crippen LogP contribution in [-0.2, 0) is 19.1 Å². The number of esters is 1. The predicted octanol–water partition coefficient (Wildman–Crippen LogP) is 3.01. The van der Waals surface area contributed by atoms with Crippen LogP contribution >= 0.6 is 0 Å². The molecule has 1 aliphatic carbocycles. The third-order valence-electron chi connectivity index (χ3n) is 4.84. The molecule has 3 atom stereocenters. The SMILES string of the molecule is CCOC(=O)[C@@H]1CCN(C(=O)OC(C)(C)C)C[C@@H]1C1C=CC=C(C(=O)O)C1. The number of amides is 1. The van der Waals surface area contributed by atoms with E-state index in [0.29, 0.717) is 38.1 Å². The van der Waals surface area contributed by atoms with Gasteiger partial charge in [-0.3, -0.25) is 4.79 Å². The van der Waals surface area contributed by atoms with Crippen molar-refractivity contribution in [2.45, 2.75) is 46.1 Å². The quantitative estimate of drug-likeness (QED) is 0.755. The molecule has 0 spiro atoms. The Kier molecular flexibility index (Phi) is 6.68. The second-order valence-electron chi connectivity index (χ2n) is 7.99. The topological polar surface area (TPSA) is 93.1 Å². The lowest BCUT2D eigenvalue weighted by Gasteiger charge is -2.41. The second-order valence-corrected chi connectivity index (χ2v) is 7.99. The van der Waals surface area contributed by atoms with Crippen LogP contribution in [0.5, 0.6) is 0 Å². The third-order valence-corrected chi connectivity index (χ3v) is 4.84. The normalized spacial score (nSPS) is 25.6. The first-order valence-corrected chi connectivity index (χ1v) is 9.37. The zero-order valence-corrected chi connectivity index (χ0v) is 16.4. The van der Waals surface area contributed by atoms with E-state index in [2.05, 4.69) is 0 Å². The molecule has 7 nitrogen and oxygen atoms in total. The number of carboxylic acid groups (broad SMARTS) is 1. The average molecular weight is 379 g/mol. The van der Waals surface area contributed by atoms with Crippen molar-refractivity contribution in [2.24, 2.45) is 17.8 Å². The van der Waals surface area contributed by atoms with Gasteiger partial charge in [0.05, 0.1) is 12.5 Å². The van der Waals surface area contributed by atoms with E-state index in [4.69, 9.17) is 9.47 Å². The number of piperidine rings is 1. The van der Waals surface area contributed by atoms with Gasteiger partial charge in [-0.2, -0.15) is 0 Å². The predicted molar refractivity (Wildman–Crippen MR) is 99.0 cm³/mol. The van der Waals surface area contributed by atoms with E-state index in [9.17, 15) is 19.5 Å². The Bertz CT molecular complexity index is 645. The van der Waals surface area contributed by atoms with Crippen molar-refractivity contribution in [1.29, 1.82) is 0 Å². The molecular weight excluding hydrogens is 350 g/mol. The Labute approximate surface area is 160 Å². The van der Waals surface area contributed by atoms with Crippen molar-refractivity contribution in [2.75, 3.05) is 19.7 Å². The molecule has 27 heavy (non-hydrogen) atoms. The molecule has 0 aromatic carbocycles. The van der Waals surface area contributed by atoms with Crippen molar-refractivity contribution >= 4 is 18.0 Å². The minimum atomic E-state index is -0.961. The molecule has 1 heterocycles. The zero-order chi connectivity index (χ0) is 20.2. The van der Waals surface area contributed by atoms with Gasteiger partial charge in [-0.15, -0.1) is 0 Å². The van der Waals surface area contributed by atoms with Crippen molar-refractivity contribution in [3.63, 3.8) is 0 Å². The standard InChI is InChI=1S/C20H29NO6/c1-5-26-18(24)15-9-10-21(19(25)27-20(2,3)4)12-16(15)13-7-6-8-14(11-13)17(22)23/h6-8,13,15-16H,5,9-12H2,1-4H3,(H,22,23)/t13?,15-,16-/m1/s1. The highest BCUT2D eigenvalue weighted by Crippen LogP contribution is 2.37. The highest BCUT2D eigenvalue weighted by Gasteiger charge is 2.41. The van der Waals surface area contributed by atoms with Crippen molar-refractivity contribution in [3.05, 3.63) is 23.8 Å². The number of allylic oxidation sites excluding steroid dienone is 3. The molecule has 0 bridgehead atoms. The number of hydrogen-bond acceptors (Lipinski definition) is 5. The molecule has 0 aromatic heterocycles. The van der Waals surface area contributed by atoms with Gasteiger partial charge in [0.25, 0.3) is 0 Å². The second kappa shape index (κ2) is 8.59. The van der Waals surface area contributed by atoms with Crippen LogP contribution in [0.4, 0.5) is 4.79 Å². The van der Waals surface area contributed by atoms with Gasteiger partial charge in [0.15, 0.2) is 0 Å². The maximum atomic E-state index is 12.5. The van der Waals surface area contributed by atoms with Gasteiger partial charge in [0.1, 0.15) is 5.60 Å². The fraction of sp³-hybridized carbons (Fsp3) is 0.650. The van der Waals surface area contributed by atoms with Crippen LogP contribution in [0.2, 0.25) is 0 Å². The van der Waals surface area contributed by atoms with Crippen molar-refractivity contribution in [3.8, 4) is 0 Å². The van der Waals surface area contributed by atoms with Crippen molar-refractivity contribution < 1.29 is 29.0 Å². The number of nitrogens with zero attached hydrogens (tertiary/aromatic N) is 1. The van der Waals surface area contributed by atoms with Crippen LogP contribution in [0, 0.1) is 17.8 Å². The molecule has 7 heteroatoms. The largest absolute Gasteiger partial charge is 0.478 e. The van der Waals surface area contributed by atoms with E-state index in [0.717, 1.165) is 0 Å². The Morgan fingerprint density at radius 3 is 2.59 bits per heavy atom. The van der Waals surface area contributed by atoms with Crippen LogP contribution in [0.1, 0.15) is 40.5 Å². The Morgan fingerprint density at radius 2 is 2.00 bits per heavy atom. The zero-order valence-electron chi connectivity index (χ0n) is 16.4. The van der Waals surface area contributed by atoms with Crippen molar-refractivity contribution in [1.82, 2.24) is 4.90 Å². The van der Waals surface area contributed by atoms with Gasteiger partial charge in [-0.25, -0.2) is 9.59 Å². The molecule has 2 aliphatic rings. The average Bonchev–Trinajstić information content (AvgIpc) is 2.60. The van der Waals surface area contributed by atoms with E-state index < -0.39 is 17.7 Å². The van der Waals surface area contributed by atoms with Gasteiger partial charge in [0, 0.05) is 18.7 Å². The maximum Gasteiger partial charge on any atom is 0.410 e. The first-order chi connectivity index (χ1) is 12.6. The lowest BCUT2D eigenvalue weighted by atomic mass is 9.73.